The van der Waals surface area contributed by atoms with E-state index in [1.165, 1.54) is 17.7 Å². The zero-order valence-corrected chi connectivity index (χ0v) is 15.3. The molecule has 0 aliphatic carbocycles. The van der Waals surface area contributed by atoms with E-state index in [1.807, 2.05) is 6.07 Å². The number of hydrogen-bond acceptors (Lipinski definition) is 5. The van der Waals surface area contributed by atoms with Crippen LogP contribution in [0.15, 0.2) is 28.6 Å². The Bertz CT molecular complexity index is 612. The number of aliphatic imine (C=N–C) groups is 1. The lowest BCUT2D eigenvalue weighted by molar-refractivity contribution is 0.0877. The highest BCUT2D eigenvalue weighted by Gasteiger charge is 2.29. The average molecular weight is 349 g/mol. The summed E-state index contributed by atoms with van der Waals surface area (Å²) in [6, 6.07) is 4.17. The summed E-state index contributed by atoms with van der Waals surface area (Å²) < 4.78 is 0. The Kier molecular flexibility index (Phi) is 5.59. The fraction of sp³-hybridized carbons (Fsp3) is 0.556. The topological polar surface area (TPSA) is 32.7 Å². The molecule has 23 heavy (non-hydrogen) atoms. The summed E-state index contributed by atoms with van der Waals surface area (Å²) in [7, 11) is 0. The van der Waals surface area contributed by atoms with E-state index in [1.54, 1.807) is 23.1 Å². The molecule has 1 saturated heterocycles. The molecule has 1 aromatic rings. The van der Waals surface area contributed by atoms with Crippen molar-refractivity contribution >= 4 is 34.0 Å². The molecule has 0 unspecified atom stereocenters. The molecule has 0 aromatic carbocycles. The fourth-order valence-corrected chi connectivity index (χ4v) is 4.94. The van der Waals surface area contributed by atoms with Crippen molar-refractivity contribution in [3.05, 3.63) is 33.4 Å². The molecule has 1 aromatic heterocycles. The van der Waals surface area contributed by atoms with Gasteiger partial charge in [0.1, 0.15) is 0 Å². The maximum Gasteiger partial charge on any atom is 0.175 e. The summed E-state index contributed by atoms with van der Waals surface area (Å²) in [4.78, 5) is 23.0. The Morgan fingerprint density at radius 3 is 2.83 bits per heavy atom. The quantitative estimate of drug-likeness (QED) is 0.729. The zero-order chi connectivity index (χ0) is 16.2. The minimum absolute atomic E-state index is 0.180. The number of piperidine rings is 1. The lowest BCUT2D eigenvalue weighted by atomic mass is 9.92. The maximum atomic E-state index is 12.7. The van der Waals surface area contributed by atoms with Gasteiger partial charge in [0.2, 0.25) is 0 Å². The molecule has 0 spiro atoms. The summed E-state index contributed by atoms with van der Waals surface area (Å²) >= 11 is 3.39. The summed E-state index contributed by atoms with van der Waals surface area (Å²) in [6.07, 6.45) is 5.39. The van der Waals surface area contributed by atoms with Crippen LogP contribution in [0.3, 0.4) is 0 Å². The second kappa shape index (κ2) is 7.67. The Morgan fingerprint density at radius 2 is 2.17 bits per heavy atom. The van der Waals surface area contributed by atoms with Crippen LogP contribution in [0.5, 0.6) is 0 Å². The third-order valence-electron chi connectivity index (χ3n) is 4.44. The summed E-state index contributed by atoms with van der Waals surface area (Å²) in [5, 5.41) is 1.10. The van der Waals surface area contributed by atoms with E-state index in [0.717, 1.165) is 53.8 Å². The van der Waals surface area contributed by atoms with Crippen molar-refractivity contribution < 1.29 is 4.79 Å². The first-order valence-electron chi connectivity index (χ1n) is 8.45. The summed E-state index contributed by atoms with van der Waals surface area (Å²) in [6.45, 7) is 8.79. The van der Waals surface area contributed by atoms with Crippen LogP contribution in [0, 0.1) is 5.92 Å². The highest BCUT2D eigenvalue weighted by molar-refractivity contribution is 8.17. The van der Waals surface area contributed by atoms with Gasteiger partial charge in [-0.1, -0.05) is 31.7 Å². The van der Waals surface area contributed by atoms with Crippen LogP contribution in [0.2, 0.25) is 0 Å². The first kappa shape index (κ1) is 16.8. The number of carbonyl (C=O) groups excluding carboxylic acids is 1. The van der Waals surface area contributed by atoms with E-state index >= 15 is 0 Å². The molecule has 0 amide bonds. The number of nitrogens with zero attached hydrogens (tertiary/aromatic N) is 2. The highest BCUT2D eigenvalue weighted by atomic mass is 32.2. The van der Waals surface area contributed by atoms with Gasteiger partial charge in [-0.05, 0) is 37.8 Å². The predicted octanol–water partition coefficient (Wildman–Crippen LogP) is 4.60. The first-order valence-corrected chi connectivity index (χ1v) is 10.1. The van der Waals surface area contributed by atoms with Gasteiger partial charge >= 0.3 is 0 Å². The number of unbranched alkanes of at least 4 members (excludes halogenated alkanes) is 1. The Labute approximate surface area is 146 Å². The smallest absolute Gasteiger partial charge is 0.175 e. The number of hydrogen-bond donors (Lipinski definition) is 0. The minimum Gasteiger partial charge on any atom is -0.351 e. The number of ketones is 1. The molecule has 0 atom stereocenters. The molecule has 5 heteroatoms. The molecule has 2 aliphatic heterocycles. The van der Waals surface area contributed by atoms with E-state index in [-0.39, 0.29) is 5.92 Å². The maximum absolute atomic E-state index is 12.7. The van der Waals surface area contributed by atoms with E-state index in [0.29, 0.717) is 5.78 Å². The molecule has 0 bridgehead atoms. The van der Waals surface area contributed by atoms with Crippen molar-refractivity contribution in [3.63, 3.8) is 0 Å². The number of amidine groups is 1. The van der Waals surface area contributed by atoms with Crippen molar-refractivity contribution in [3.8, 4) is 0 Å². The molecule has 0 N–H and O–H groups in total. The van der Waals surface area contributed by atoms with Gasteiger partial charge in [0.25, 0.3) is 0 Å². The third kappa shape index (κ3) is 4.07. The lowest BCUT2D eigenvalue weighted by Gasteiger charge is -2.32. The number of thioether (sulfide) groups is 1. The molecule has 3 heterocycles. The van der Waals surface area contributed by atoms with Crippen LogP contribution >= 0.6 is 23.1 Å². The molecule has 3 nitrogen and oxygen atoms in total. The first-order chi connectivity index (χ1) is 11.2. The number of aryl methyl sites for hydroxylation is 1. The van der Waals surface area contributed by atoms with Crippen LogP contribution in [-0.4, -0.2) is 35.5 Å². The van der Waals surface area contributed by atoms with Crippen molar-refractivity contribution in [1.82, 2.24) is 4.90 Å². The van der Waals surface area contributed by atoms with Crippen LogP contribution in [0.1, 0.15) is 47.2 Å². The second-order valence-electron chi connectivity index (χ2n) is 6.23. The summed E-state index contributed by atoms with van der Waals surface area (Å²) in [5.41, 5.74) is 0. The fourth-order valence-electron chi connectivity index (χ4n) is 3.04. The predicted molar refractivity (Wildman–Crippen MR) is 101 cm³/mol. The number of carbonyl (C=O) groups is 1. The van der Waals surface area contributed by atoms with Crippen molar-refractivity contribution in [2.45, 2.75) is 39.0 Å². The monoisotopic (exact) mass is 348 g/mol. The van der Waals surface area contributed by atoms with Crippen LogP contribution in [0.25, 0.3) is 0 Å². The van der Waals surface area contributed by atoms with Crippen LogP contribution in [0.4, 0.5) is 0 Å². The molecule has 1 fully saturated rings. The lowest BCUT2D eigenvalue weighted by Crippen LogP contribution is -2.38. The summed E-state index contributed by atoms with van der Waals surface area (Å²) in [5.74, 6) is 0.530. The Balaban J connectivity index is 1.53. The van der Waals surface area contributed by atoms with Crippen LogP contribution in [-0.2, 0) is 6.42 Å². The normalized spacial score (nSPS) is 19.3. The van der Waals surface area contributed by atoms with Crippen LogP contribution < -0.4 is 0 Å². The van der Waals surface area contributed by atoms with Crippen molar-refractivity contribution in [1.29, 1.82) is 0 Å². The standard InChI is InChI=1S/C18H24N2OS2/c1-3-4-5-15-6-7-16(23-15)17(21)14-8-10-20(11-9-14)18-19-12-13(2)22-18/h6-7,14H,2-5,8-12H2,1H3. The number of thiophene rings is 1. The SMILES string of the molecule is C=C1CN=C(N2CCC(C(=O)c3ccc(CCCC)s3)CC2)S1. The molecule has 0 saturated carbocycles. The highest BCUT2D eigenvalue weighted by Crippen LogP contribution is 2.30. The van der Waals surface area contributed by atoms with E-state index < -0.39 is 0 Å². The van der Waals surface area contributed by atoms with E-state index in [9.17, 15) is 4.79 Å². The number of rotatable bonds is 5. The van der Waals surface area contributed by atoms with Gasteiger partial charge in [-0.15, -0.1) is 11.3 Å². The van der Waals surface area contributed by atoms with Gasteiger partial charge in [0, 0.05) is 28.8 Å². The Morgan fingerprint density at radius 1 is 1.39 bits per heavy atom. The molecule has 3 rings (SSSR count). The third-order valence-corrected chi connectivity index (χ3v) is 6.59. The van der Waals surface area contributed by atoms with Gasteiger partial charge in [-0.2, -0.15) is 0 Å². The largest absolute Gasteiger partial charge is 0.351 e. The van der Waals surface area contributed by atoms with Gasteiger partial charge < -0.3 is 4.90 Å². The second-order valence-corrected chi connectivity index (χ2v) is 8.55. The van der Waals surface area contributed by atoms with Gasteiger partial charge in [-0.25, -0.2) is 0 Å². The van der Waals surface area contributed by atoms with Crippen molar-refractivity contribution in [2.24, 2.45) is 10.9 Å². The van der Waals surface area contributed by atoms with E-state index in [4.69, 9.17) is 0 Å². The van der Waals surface area contributed by atoms with Crippen molar-refractivity contribution in [2.75, 3.05) is 19.6 Å². The number of Topliss-reactive ketones (excluding diaryl/α,β-unsaturated/α-hetero) is 1. The molecule has 124 valence electrons. The zero-order valence-electron chi connectivity index (χ0n) is 13.7. The van der Waals surface area contributed by atoms with Gasteiger partial charge in [0.15, 0.2) is 11.0 Å². The Hall–Kier alpha value is -1.07. The molecular formula is C18H24N2OS2. The minimum atomic E-state index is 0.180. The van der Waals surface area contributed by atoms with E-state index in [2.05, 4.69) is 29.5 Å². The van der Waals surface area contributed by atoms with Gasteiger partial charge in [0.05, 0.1) is 11.4 Å². The molecular weight excluding hydrogens is 324 g/mol. The van der Waals surface area contributed by atoms with Gasteiger partial charge in [-0.3, -0.25) is 9.79 Å². The molecule has 2 aliphatic rings. The average Bonchev–Trinajstić information content (AvgIpc) is 3.21. The number of likely N-dealkylation sites (tertiary alicyclic amines) is 1. The molecule has 0 radical (unpaired) electrons.